The van der Waals surface area contributed by atoms with Crippen molar-refractivity contribution in [3.05, 3.63) is 95.7 Å². The summed E-state index contributed by atoms with van der Waals surface area (Å²) in [5, 5.41) is 13.0. The maximum Gasteiger partial charge on any atom is 0.290 e. The summed E-state index contributed by atoms with van der Waals surface area (Å²) in [6, 6.07) is 14.1. The van der Waals surface area contributed by atoms with E-state index in [1.54, 1.807) is 30.3 Å². The number of hydrogen-bond donors (Lipinski definition) is 3. The van der Waals surface area contributed by atoms with Crippen molar-refractivity contribution in [1.29, 1.82) is 0 Å². The average Bonchev–Trinajstić information content (AvgIpc) is 3.63. The summed E-state index contributed by atoms with van der Waals surface area (Å²) in [4.78, 5) is 28.8. The Kier molecular flexibility index (Phi) is 10.3. The van der Waals surface area contributed by atoms with Crippen LogP contribution in [0.3, 0.4) is 0 Å². The number of methoxy groups -OCH3 is 1. The lowest BCUT2D eigenvalue weighted by Crippen LogP contribution is -2.23. The van der Waals surface area contributed by atoms with E-state index < -0.39 is 25.9 Å². The molecule has 1 atom stereocenters. The second-order valence-electron chi connectivity index (χ2n) is 11.0. The smallest absolute Gasteiger partial charge is 0.290 e. The number of ether oxygens (including phenoxy) is 1. The molecular formula is C36H37FN3O7P. The Labute approximate surface area is 277 Å². The van der Waals surface area contributed by atoms with E-state index in [9.17, 15) is 23.7 Å². The number of anilines is 1. The van der Waals surface area contributed by atoms with Crippen LogP contribution >= 0.6 is 7.52 Å². The molecule has 5 rings (SSSR count). The molecule has 2 aromatic heterocycles. The van der Waals surface area contributed by atoms with E-state index in [0.717, 1.165) is 6.42 Å². The molecule has 1 amide bonds. The molecule has 3 N–H and O–H groups in total. The summed E-state index contributed by atoms with van der Waals surface area (Å²) in [5.41, 5.74) is 3.42. The fourth-order valence-electron chi connectivity index (χ4n) is 5.41. The second-order valence-corrected chi connectivity index (χ2v) is 13.2. The lowest BCUT2D eigenvalue weighted by atomic mass is 9.97. The van der Waals surface area contributed by atoms with E-state index in [4.69, 9.17) is 13.6 Å². The van der Waals surface area contributed by atoms with Gasteiger partial charge in [0.1, 0.15) is 22.9 Å². The van der Waals surface area contributed by atoms with Crippen LogP contribution in [0.15, 0.2) is 81.7 Å². The van der Waals surface area contributed by atoms with Gasteiger partial charge in [-0.05, 0) is 67.4 Å². The van der Waals surface area contributed by atoms with Crippen LogP contribution in [0.4, 0.5) is 10.1 Å². The first-order valence-electron chi connectivity index (χ1n) is 15.3. The molecule has 10 nitrogen and oxygen atoms in total. The fourth-order valence-corrected chi connectivity index (χ4v) is 6.44. The number of aliphatic hydroxyl groups excluding tert-OH is 1. The highest BCUT2D eigenvalue weighted by Gasteiger charge is 2.29. The number of carbonyl (C=O) groups is 1. The van der Waals surface area contributed by atoms with Crippen molar-refractivity contribution in [1.82, 2.24) is 10.3 Å². The lowest BCUT2D eigenvalue weighted by molar-refractivity contribution is 0.0964. The quantitative estimate of drug-likeness (QED) is 0.0893. The van der Waals surface area contributed by atoms with Crippen LogP contribution in [0.5, 0.6) is 5.75 Å². The molecule has 3 aromatic carbocycles. The third-order valence-corrected chi connectivity index (χ3v) is 9.02. The van der Waals surface area contributed by atoms with E-state index in [2.05, 4.69) is 10.3 Å². The fraction of sp³-hybridized carbons (Fsp3) is 0.222. The summed E-state index contributed by atoms with van der Waals surface area (Å²) >= 11 is 0. The molecule has 0 fully saturated rings. The van der Waals surface area contributed by atoms with E-state index in [0.29, 0.717) is 50.7 Å². The monoisotopic (exact) mass is 673 g/mol. The number of nitrogens with one attached hydrogen (secondary N) is 1. The van der Waals surface area contributed by atoms with Crippen molar-refractivity contribution in [2.24, 2.45) is 0 Å². The molecule has 48 heavy (non-hydrogen) atoms. The SMILES string of the molecule is CC/C=C\C=C/c1oc(-c2cc(-c3cc4c(C(=O)NC)c(-c5ccc(F)cc5)oc4cc3N(CCO)P(C)(=O)O)ccc2OC)nc1C. The number of rotatable bonds is 12. The van der Waals surface area contributed by atoms with E-state index in [-0.39, 0.29) is 29.1 Å². The number of oxazole rings is 1. The summed E-state index contributed by atoms with van der Waals surface area (Å²) in [6.07, 6.45) is 8.55. The van der Waals surface area contributed by atoms with Crippen LogP contribution in [-0.4, -0.2) is 54.9 Å². The normalized spacial score (nSPS) is 13.0. The van der Waals surface area contributed by atoms with Crippen LogP contribution < -0.4 is 14.7 Å². The molecule has 0 saturated heterocycles. The van der Waals surface area contributed by atoms with Gasteiger partial charge in [-0.2, -0.15) is 0 Å². The van der Waals surface area contributed by atoms with Crippen molar-refractivity contribution >= 4 is 36.2 Å². The third-order valence-electron chi connectivity index (χ3n) is 7.71. The Morgan fingerprint density at radius 2 is 1.81 bits per heavy atom. The zero-order valence-corrected chi connectivity index (χ0v) is 28.2. The summed E-state index contributed by atoms with van der Waals surface area (Å²) in [5.74, 6) is 0.662. The molecule has 2 heterocycles. The molecule has 0 spiro atoms. The number of aromatic nitrogens is 1. The summed E-state index contributed by atoms with van der Waals surface area (Å²) in [6.45, 7) is 4.48. The maximum absolute atomic E-state index is 13.8. The number of hydrogen-bond acceptors (Lipinski definition) is 7. The van der Waals surface area contributed by atoms with Gasteiger partial charge in [0.05, 0.1) is 36.2 Å². The summed E-state index contributed by atoms with van der Waals surface area (Å²) < 4.78 is 46.3. The van der Waals surface area contributed by atoms with Crippen LogP contribution in [0.1, 0.15) is 35.2 Å². The van der Waals surface area contributed by atoms with Crippen molar-refractivity contribution in [3.63, 3.8) is 0 Å². The minimum Gasteiger partial charge on any atom is -0.496 e. The number of aryl methyl sites for hydroxylation is 1. The topological polar surface area (TPSA) is 138 Å². The predicted octanol–water partition coefficient (Wildman–Crippen LogP) is 7.83. The molecule has 0 saturated carbocycles. The Balaban J connectivity index is 1.79. The molecule has 0 bridgehead atoms. The highest BCUT2D eigenvalue weighted by Crippen LogP contribution is 2.50. The lowest BCUT2D eigenvalue weighted by Gasteiger charge is -2.29. The molecule has 0 aliphatic rings. The highest BCUT2D eigenvalue weighted by atomic mass is 31.2. The zero-order chi connectivity index (χ0) is 34.6. The molecule has 0 aliphatic carbocycles. The first kappa shape index (κ1) is 34.4. The van der Waals surface area contributed by atoms with Crippen molar-refractivity contribution in [3.8, 4) is 39.7 Å². The average molecular weight is 674 g/mol. The minimum atomic E-state index is -4.00. The molecule has 250 valence electrons. The van der Waals surface area contributed by atoms with Crippen LogP contribution in [-0.2, 0) is 4.57 Å². The van der Waals surface area contributed by atoms with Crippen LogP contribution in [0, 0.1) is 12.7 Å². The number of allylic oxidation sites excluding steroid dienone is 3. The first-order chi connectivity index (χ1) is 23.0. The Hall–Kier alpha value is -4.96. The Morgan fingerprint density at radius 1 is 1.08 bits per heavy atom. The zero-order valence-electron chi connectivity index (χ0n) is 27.3. The minimum absolute atomic E-state index is 0.166. The van der Waals surface area contributed by atoms with Gasteiger partial charge in [0.25, 0.3) is 13.4 Å². The number of aliphatic hydroxyl groups is 1. The van der Waals surface area contributed by atoms with Gasteiger partial charge in [-0.15, -0.1) is 0 Å². The van der Waals surface area contributed by atoms with E-state index in [1.807, 2.05) is 38.2 Å². The number of halogens is 1. The number of fused-ring (bicyclic) bond motifs is 1. The van der Waals surface area contributed by atoms with Gasteiger partial charge < -0.3 is 28.9 Å². The van der Waals surface area contributed by atoms with Gasteiger partial charge in [-0.3, -0.25) is 14.0 Å². The van der Waals surface area contributed by atoms with E-state index >= 15 is 0 Å². The molecule has 0 aliphatic heterocycles. The number of furan rings is 1. The van der Waals surface area contributed by atoms with E-state index in [1.165, 1.54) is 49.8 Å². The molecule has 1 unspecified atom stereocenters. The number of carbonyl (C=O) groups excluding carboxylic acids is 1. The van der Waals surface area contributed by atoms with Gasteiger partial charge >= 0.3 is 0 Å². The van der Waals surface area contributed by atoms with Crippen LogP contribution in [0.2, 0.25) is 0 Å². The van der Waals surface area contributed by atoms with Gasteiger partial charge in [0.15, 0.2) is 5.76 Å². The second kappa shape index (κ2) is 14.4. The third kappa shape index (κ3) is 6.99. The van der Waals surface area contributed by atoms with Gasteiger partial charge in [0.2, 0.25) is 5.89 Å². The Bertz CT molecular complexity index is 2060. The van der Waals surface area contributed by atoms with Crippen molar-refractivity contribution < 1.29 is 37.3 Å². The first-order valence-corrected chi connectivity index (χ1v) is 17.3. The van der Waals surface area contributed by atoms with Gasteiger partial charge in [-0.25, -0.2) is 9.37 Å². The van der Waals surface area contributed by atoms with Crippen molar-refractivity contribution in [2.45, 2.75) is 20.3 Å². The maximum atomic E-state index is 13.8. The number of benzene rings is 3. The van der Waals surface area contributed by atoms with Crippen molar-refractivity contribution in [2.75, 3.05) is 38.6 Å². The summed E-state index contributed by atoms with van der Waals surface area (Å²) in [7, 11) is -0.975. The van der Waals surface area contributed by atoms with Gasteiger partial charge in [-0.1, -0.05) is 31.2 Å². The number of nitrogens with zero attached hydrogens (tertiary/aromatic N) is 2. The molecule has 0 radical (unpaired) electrons. The van der Waals surface area contributed by atoms with Gasteiger partial charge in [0, 0.05) is 42.8 Å². The standard InChI is InChI=1S/C36H37FN3O7P/c1-6-7-8-9-10-30-22(2)39-36(47-30)28-19-24(13-16-31(28)45-4)26-20-27-32(21-29(26)40(17-18-41)48(5,43)44)46-34(33(27)35(42)38-3)23-11-14-25(37)15-12-23/h7-16,19-21,41H,6,17-18H2,1-5H3,(H,38,42)(H,43,44)/b8-7-,10-9-. The number of amides is 1. The molecule has 5 aromatic rings. The molecule has 12 heteroatoms. The highest BCUT2D eigenvalue weighted by molar-refractivity contribution is 7.58. The predicted molar refractivity (Wildman–Crippen MR) is 186 cm³/mol. The molecular weight excluding hydrogens is 636 g/mol. The Morgan fingerprint density at radius 3 is 2.46 bits per heavy atom. The largest absolute Gasteiger partial charge is 0.496 e. The van der Waals surface area contributed by atoms with Crippen LogP contribution in [0.25, 0.3) is 51.0 Å².